The fraction of sp³-hybridized carbons (Fsp3) is 0.333. The van der Waals surface area contributed by atoms with E-state index in [4.69, 9.17) is 0 Å². The van der Waals surface area contributed by atoms with E-state index in [1.807, 2.05) is 12.3 Å². The lowest BCUT2D eigenvalue weighted by atomic mass is 10.2. The molecular weight excluding hydrogens is 164 g/mol. The molecule has 0 radical (unpaired) electrons. The van der Waals surface area contributed by atoms with Crippen LogP contribution in [0.25, 0.3) is 11.0 Å². The van der Waals surface area contributed by atoms with Crippen LogP contribution in [-0.2, 0) is 0 Å². The zero-order chi connectivity index (χ0) is 8.67. The zero-order valence-corrected chi connectivity index (χ0v) is 7.20. The second-order valence-corrected chi connectivity index (χ2v) is 3.30. The van der Waals surface area contributed by atoms with E-state index in [0.29, 0.717) is 0 Å². The van der Waals surface area contributed by atoms with Gasteiger partial charge in [-0.1, -0.05) is 0 Å². The Morgan fingerprint density at radius 1 is 1.31 bits per heavy atom. The van der Waals surface area contributed by atoms with Crippen LogP contribution >= 0.6 is 0 Å². The number of fused-ring (bicyclic) bond motifs is 1. The van der Waals surface area contributed by atoms with Gasteiger partial charge in [-0.25, -0.2) is 9.97 Å². The van der Waals surface area contributed by atoms with E-state index in [-0.39, 0.29) is 0 Å². The lowest BCUT2D eigenvalue weighted by Gasteiger charge is -2.31. The summed E-state index contributed by atoms with van der Waals surface area (Å²) < 4.78 is 0. The van der Waals surface area contributed by atoms with Crippen molar-refractivity contribution in [3.8, 4) is 0 Å². The number of nitrogens with one attached hydrogen (secondary N) is 1. The van der Waals surface area contributed by atoms with Crippen molar-refractivity contribution in [3.63, 3.8) is 0 Å². The number of aromatic nitrogens is 3. The van der Waals surface area contributed by atoms with E-state index in [1.54, 1.807) is 6.33 Å². The Labute approximate surface area is 75.6 Å². The molecule has 3 rings (SSSR count). The molecule has 0 amide bonds. The molecule has 3 heterocycles. The smallest absolute Gasteiger partial charge is 0.130 e. The highest BCUT2D eigenvalue weighted by molar-refractivity contribution is 5.76. The summed E-state index contributed by atoms with van der Waals surface area (Å²) in [7, 11) is 0. The maximum atomic E-state index is 4.36. The number of hydrogen-bond donors (Lipinski definition) is 1. The van der Waals surface area contributed by atoms with Gasteiger partial charge in [0.15, 0.2) is 0 Å². The highest BCUT2D eigenvalue weighted by Gasteiger charge is 2.15. The van der Waals surface area contributed by atoms with E-state index in [1.165, 1.54) is 6.42 Å². The van der Waals surface area contributed by atoms with Gasteiger partial charge in [0.1, 0.15) is 5.82 Å². The molecule has 2 aromatic heterocycles. The predicted molar refractivity (Wildman–Crippen MR) is 50.7 cm³/mol. The number of nitrogens with zero attached hydrogens (tertiary/aromatic N) is 3. The molecule has 1 aliphatic heterocycles. The van der Waals surface area contributed by atoms with Crippen LogP contribution in [0.4, 0.5) is 5.82 Å². The van der Waals surface area contributed by atoms with Gasteiger partial charge in [-0.3, -0.25) is 0 Å². The minimum absolute atomic E-state index is 0.997. The number of pyridine rings is 1. The highest BCUT2D eigenvalue weighted by Crippen LogP contribution is 2.20. The lowest BCUT2D eigenvalue weighted by molar-refractivity contribution is 0.610. The second-order valence-electron chi connectivity index (χ2n) is 3.30. The zero-order valence-electron chi connectivity index (χ0n) is 7.20. The van der Waals surface area contributed by atoms with Gasteiger partial charge >= 0.3 is 0 Å². The molecule has 0 aromatic carbocycles. The van der Waals surface area contributed by atoms with E-state index < -0.39 is 0 Å². The van der Waals surface area contributed by atoms with Gasteiger partial charge in [0.2, 0.25) is 0 Å². The SMILES string of the molecule is c1nc2cc(N3CCC3)ncc2[nH]1. The minimum Gasteiger partial charge on any atom is -0.356 e. The monoisotopic (exact) mass is 174 g/mol. The maximum Gasteiger partial charge on any atom is 0.130 e. The summed E-state index contributed by atoms with van der Waals surface area (Å²) in [5.74, 6) is 1.05. The van der Waals surface area contributed by atoms with Gasteiger partial charge in [-0.2, -0.15) is 0 Å². The molecule has 0 atom stereocenters. The van der Waals surface area contributed by atoms with Crippen LogP contribution in [0, 0.1) is 0 Å². The standard InChI is InChI=1S/C9H10N4/c1-2-13(3-1)9-4-7-8(5-10-9)12-6-11-7/h4-6H,1-3H2,(H,11,12). The third-order valence-corrected chi connectivity index (χ3v) is 2.47. The summed E-state index contributed by atoms with van der Waals surface area (Å²) >= 11 is 0. The van der Waals surface area contributed by atoms with Crippen molar-refractivity contribution >= 4 is 16.9 Å². The number of anilines is 1. The molecule has 66 valence electrons. The Morgan fingerprint density at radius 2 is 2.23 bits per heavy atom. The second kappa shape index (κ2) is 2.45. The molecule has 1 aliphatic rings. The Bertz CT molecular complexity index is 430. The number of hydrogen-bond acceptors (Lipinski definition) is 3. The quantitative estimate of drug-likeness (QED) is 0.705. The van der Waals surface area contributed by atoms with Crippen molar-refractivity contribution in [1.29, 1.82) is 0 Å². The highest BCUT2D eigenvalue weighted by atomic mass is 15.2. The van der Waals surface area contributed by atoms with Crippen LogP contribution in [0.5, 0.6) is 0 Å². The average Bonchev–Trinajstić information content (AvgIpc) is 2.47. The summed E-state index contributed by atoms with van der Waals surface area (Å²) in [5.41, 5.74) is 2.00. The molecule has 0 spiro atoms. The van der Waals surface area contributed by atoms with Crippen molar-refractivity contribution < 1.29 is 0 Å². The molecule has 0 bridgehead atoms. The Balaban J connectivity index is 2.09. The van der Waals surface area contributed by atoms with Gasteiger partial charge in [0, 0.05) is 19.2 Å². The molecule has 4 nitrogen and oxygen atoms in total. The van der Waals surface area contributed by atoms with Crippen LogP contribution in [0.1, 0.15) is 6.42 Å². The van der Waals surface area contributed by atoms with Crippen molar-refractivity contribution in [3.05, 3.63) is 18.6 Å². The van der Waals surface area contributed by atoms with Crippen LogP contribution in [0.3, 0.4) is 0 Å². The minimum atomic E-state index is 0.997. The first kappa shape index (κ1) is 6.88. The molecular formula is C9H10N4. The molecule has 13 heavy (non-hydrogen) atoms. The van der Waals surface area contributed by atoms with Crippen molar-refractivity contribution in [1.82, 2.24) is 15.0 Å². The molecule has 2 aromatic rings. The van der Waals surface area contributed by atoms with Crippen molar-refractivity contribution in [2.45, 2.75) is 6.42 Å². The van der Waals surface area contributed by atoms with Gasteiger partial charge in [-0.05, 0) is 6.42 Å². The third kappa shape index (κ3) is 0.983. The number of H-pyrrole nitrogens is 1. The van der Waals surface area contributed by atoms with Gasteiger partial charge < -0.3 is 9.88 Å². The summed E-state index contributed by atoms with van der Waals surface area (Å²) in [4.78, 5) is 13.8. The van der Waals surface area contributed by atoms with Crippen molar-refractivity contribution in [2.75, 3.05) is 18.0 Å². The Morgan fingerprint density at radius 3 is 3.00 bits per heavy atom. The Kier molecular flexibility index (Phi) is 1.30. The summed E-state index contributed by atoms with van der Waals surface area (Å²) in [6.07, 6.45) is 4.82. The van der Waals surface area contributed by atoms with E-state index >= 15 is 0 Å². The van der Waals surface area contributed by atoms with E-state index in [2.05, 4.69) is 19.9 Å². The Hall–Kier alpha value is -1.58. The lowest BCUT2D eigenvalue weighted by Crippen LogP contribution is -2.37. The average molecular weight is 174 g/mol. The normalized spacial score (nSPS) is 16.2. The van der Waals surface area contributed by atoms with Crippen molar-refractivity contribution in [2.24, 2.45) is 0 Å². The van der Waals surface area contributed by atoms with E-state index in [9.17, 15) is 0 Å². The molecule has 1 saturated heterocycles. The number of rotatable bonds is 1. The van der Waals surface area contributed by atoms with Gasteiger partial charge in [0.05, 0.1) is 23.6 Å². The summed E-state index contributed by atoms with van der Waals surface area (Å²) in [5, 5.41) is 0. The topological polar surface area (TPSA) is 44.8 Å². The fourth-order valence-electron chi connectivity index (χ4n) is 1.54. The van der Waals surface area contributed by atoms with Crippen LogP contribution in [0.15, 0.2) is 18.6 Å². The third-order valence-electron chi connectivity index (χ3n) is 2.47. The number of imidazole rings is 1. The number of aromatic amines is 1. The summed E-state index contributed by atoms with van der Waals surface area (Å²) in [6, 6.07) is 2.03. The first-order valence-electron chi connectivity index (χ1n) is 4.47. The van der Waals surface area contributed by atoms with E-state index in [0.717, 1.165) is 29.9 Å². The molecule has 1 fully saturated rings. The molecule has 0 unspecified atom stereocenters. The first-order chi connectivity index (χ1) is 6.43. The van der Waals surface area contributed by atoms with Crippen LogP contribution < -0.4 is 4.90 Å². The molecule has 0 aliphatic carbocycles. The van der Waals surface area contributed by atoms with Crippen LogP contribution in [-0.4, -0.2) is 28.0 Å². The molecule has 0 saturated carbocycles. The predicted octanol–water partition coefficient (Wildman–Crippen LogP) is 1.17. The molecule has 1 N–H and O–H groups in total. The fourth-order valence-corrected chi connectivity index (χ4v) is 1.54. The van der Waals surface area contributed by atoms with Gasteiger partial charge in [-0.15, -0.1) is 0 Å². The summed E-state index contributed by atoms with van der Waals surface area (Å²) in [6.45, 7) is 2.26. The van der Waals surface area contributed by atoms with Gasteiger partial charge in [0.25, 0.3) is 0 Å². The maximum absolute atomic E-state index is 4.36. The molecule has 4 heteroatoms. The first-order valence-corrected chi connectivity index (χ1v) is 4.47. The largest absolute Gasteiger partial charge is 0.356 e. The van der Waals surface area contributed by atoms with Crippen LogP contribution in [0.2, 0.25) is 0 Å².